The summed E-state index contributed by atoms with van der Waals surface area (Å²) in [5.74, 6) is 0.652. The molecule has 1 saturated carbocycles. The molecule has 2 fully saturated rings. The molecule has 2 aliphatic rings. The lowest BCUT2D eigenvalue weighted by Gasteiger charge is -2.33. The van der Waals surface area contributed by atoms with E-state index in [9.17, 15) is 4.79 Å². The third-order valence-corrected chi connectivity index (χ3v) is 5.16. The van der Waals surface area contributed by atoms with Crippen molar-refractivity contribution in [3.05, 3.63) is 35.9 Å². The summed E-state index contributed by atoms with van der Waals surface area (Å²) in [5.41, 5.74) is 1.62. The lowest BCUT2D eigenvalue weighted by Crippen LogP contribution is -2.42. The van der Waals surface area contributed by atoms with E-state index in [1.165, 1.54) is 12.8 Å². The molecule has 1 aliphatic carbocycles. The van der Waals surface area contributed by atoms with Crippen LogP contribution in [0.4, 0.5) is 0 Å². The smallest absolute Gasteiger partial charge is 0.272 e. The fraction of sp³-hybridized carbons (Fsp3) is 0.632. The van der Waals surface area contributed by atoms with Crippen LogP contribution >= 0.6 is 0 Å². The molecule has 0 radical (unpaired) electrons. The van der Waals surface area contributed by atoms with Crippen molar-refractivity contribution in [2.45, 2.75) is 64.0 Å². The average molecular weight is 341 g/mol. The molecule has 134 valence electrons. The average Bonchev–Trinajstić information content (AvgIpc) is 3.12. The molecule has 2 aromatic heterocycles. The number of hydrogen-bond donors (Lipinski definition) is 0. The van der Waals surface area contributed by atoms with Crippen molar-refractivity contribution in [1.82, 2.24) is 24.5 Å². The van der Waals surface area contributed by atoms with Crippen LogP contribution in [0.1, 0.15) is 74.6 Å². The van der Waals surface area contributed by atoms with Crippen LogP contribution in [0.25, 0.3) is 0 Å². The van der Waals surface area contributed by atoms with E-state index in [0.717, 1.165) is 30.8 Å². The van der Waals surface area contributed by atoms with Gasteiger partial charge in [-0.2, -0.15) is 10.2 Å². The van der Waals surface area contributed by atoms with Gasteiger partial charge in [0.15, 0.2) is 0 Å². The fourth-order valence-electron chi connectivity index (χ4n) is 3.66. The van der Waals surface area contributed by atoms with Crippen molar-refractivity contribution in [3.63, 3.8) is 0 Å². The highest BCUT2D eigenvalue weighted by Gasteiger charge is 2.34. The van der Waals surface area contributed by atoms with Gasteiger partial charge in [0.1, 0.15) is 5.69 Å². The highest BCUT2D eigenvalue weighted by molar-refractivity contribution is 5.93. The van der Waals surface area contributed by atoms with Gasteiger partial charge in [0.25, 0.3) is 5.91 Å². The van der Waals surface area contributed by atoms with Crippen LogP contribution in [0, 0.1) is 0 Å². The van der Waals surface area contributed by atoms with E-state index in [2.05, 4.69) is 25.9 Å². The first kappa shape index (κ1) is 16.4. The highest BCUT2D eigenvalue weighted by atomic mass is 16.2. The third-order valence-electron chi connectivity index (χ3n) is 5.16. The van der Waals surface area contributed by atoms with E-state index < -0.39 is 0 Å². The first-order valence-electron chi connectivity index (χ1n) is 9.32. The Kier molecular flexibility index (Phi) is 3.93. The normalized spacial score (nSPS) is 21.6. The number of rotatable bonds is 3. The minimum Gasteiger partial charge on any atom is -0.335 e. The molecule has 0 spiro atoms. The third kappa shape index (κ3) is 3.22. The molecular formula is C19H27N5O. The Morgan fingerprint density at radius 3 is 2.68 bits per heavy atom. The van der Waals surface area contributed by atoms with Gasteiger partial charge >= 0.3 is 0 Å². The SMILES string of the molecule is CC(C)(C)n1nc(C2CC2)cc1C(=O)N1CCCC(n2cccn2)C1. The molecule has 1 aliphatic heterocycles. The van der Waals surface area contributed by atoms with E-state index in [4.69, 9.17) is 5.10 Å². The molecule has 4 rings (SSSR count). The van der Waals surface area contributed by atoms with Crippen LogP contribution in [0.5, 0.6) is 0 Å². The second-order valence-corrected chi connectivity index (χ2v) is 8.34. The van der Waals surface area contributed by atoms with E-state index in [1.807, 2.05) is 32.6 Å². The van der Waals surface area contributed by atoms with Gasteiger partial charge in [-0.3, -0.25) is 14.2 Å². The monoisotopic (exact) mass is 341 g/mol. The maximum atomic E-state index is 13.3. The summed E-state index contributed by atoms with van der Waals surface area (Å²) in [4.78, 5) is 15.3. The molecule has 0 N–H and O–H groups in total. The molecule has 0 aromatic carbocycles. The summed E-state index contributed by atoms with van der Waals surface area (Å²) in [6, 6.07) is 4.24. The highest BCUT2D eigenvalue weighted by Crippen LogP contribution is 2.40. The summed E-state index contributed by atoms with van der Waals surface area (Å²) in [7, 11) is 0. The van der Waals surface area contributed by atoms with Crippen molar-refractivity contribution in [2.24, 2.45) is 0 Å². The summed E-state index contributed by atoms with van der Waals surface area (Å²) < 4.78 is 3.91. The predicted octanol–water partition coefficient (Wildman–Crippen LogP) is 3.19. The van der Waals surface area contributed by atoms with E-state index in [1.54, 1.807) is 6.20 Å². The largest absolute Gasteiger partial charge is 0.335 e. The number of nitrogens with zero attached hydrogens (tertiary/aromatic N) is 5. The molecule has 1 saturated heterocycles. The number of carbonyl (C=O) groups is 1. The van der Waals surface area contributed by atoms with Crippen LogP contribution < -0.4 is 0 Å². The maximum absolute atomic E-state index is 13.3. The minimum absolute atomic E-state index is 0.103. The van der Waals surface area contributed by atoms with Crippen LogP contribution in [0.3, 0.4) is 0 Å². The lowest BCUT2D eigenvalue weighted by molar-refractivity contribution is 0.0652. The molecular weight excluding hydrogens is 314 g/mol. The molecule has 1 unspecified atom stereocenters. The Balaban J connectivity index is 1.59. The molecule has 3 heterocycles. The topological polar surface area (TPSA) is 56.0 Å². The molecule has 1 atom stereocenters. The van der Waals surface area contributed by atoms with E-state index >= 15 is 0 Å². The Morgan fingerprint density at radius 2 is 2.04 bits per heavy atom. The summed E-state index contributed by atoms with van der Waals surface area (Å²) in [6.07, 6.45) is 8.26. The summed E-state index contributed by atoms with van der Waals surface area (Å²) >= 11 is 0. The zero-order valence-electron chi connectivity index (χ0n) is 15.4. The van der Waals surface area contributed by atoms with Crippen molar-refractivity contribution in [1.29, 1.82) is 0 Å². The zero-order chi connectivity index (χ0) is 17.6. The second kappa shape index (κ2) is 6.00. The van der Waals surface area contributed by atoms with Crippen LogP contribution in [0.2, 0.25) is 0 Å². The lowest BCUT2D eigenvalue weighted by atomic mass is 10.0. The molecule has 0 bridgehead atoms. The van der Waals surface area contributed by atoms with Gasteiger partial charge in [0.2, 0.25) is 0 Å². The number of carbonyl (C=O) groups excluding carboxylic acids is 1. The van der Waals surface area contributed by atoms with Gasteiger partial charge in [-0.15, -0.1) is 0 Å². The first-order valence-corrected chi connectivity index (χ1v) is 9.32. The van der Waals surface area contributed by atoms with Crippen molar-refractivity contribution < 1.29 is 4.79 Å². The number of piperidine rings is 1. The zero-order valence-corrected chi connectivity index (χ0v) is 15.4. The Bertz CT molecular complexity index is 751. The van der Waals surface area contributed by atoms with Gasteiger partial charge < -0.3 is 4.90 Å². The van der Waals surface area contributed by atoms with Crippen LogP contribution in [0.15, 0.2) is 24.5 Å². The van der Waals surface area contributed by atoms with Crippen LogP contribution in [-0.2, 0) is 5.54 Å². The van der Waals surface area contributed by atoms with Crippen molar-refractivity contribution in [3.8, 4) is 0 Å². The Morgan fingerprint density at radius 1 is 1.24 bits per heavy atom. The molecule has 6 nitrogen and oxygen atoms in total. The number of amides is 1. The van der Waals surface area contributed by atoms with Gasteiger partial charge in [0.05, 0.1) is 17.3 Å². The fourth-order valence-corrected chi connectivity index (χ4v) is 3.66. The number of aromatic nitrogens is 4. The second-order valence-electron chi connectivity index (χ2n) is 8.34. The Labute approximate surface area is 148 Å². The van der Waals surface area contributed by atoms with Gasteiger partial charge in [-0.05, 0) is 58.6 Å². The minimum atomic E-state index is -0.199. The first-order chi connectivity index (χ1) is 11.9. The Hall–Kier alpha value is -2.11. The molecule has 1 amide bonds. The van der Waals surface area contributed by atoms with Crippen molar-refractivity contribution in [2.75, 3.05) is 13.1 Å². The van der Waals surface area contributed by atoms with E-state index in [-0.39, 0.29) is 17.5 Å². The quantitative estimate of drug-likeness (QED) is 0.861. The molecule has 2 aromatic rings. The van der Waals surface area contributed by atoms with E-state index in [0.29, 0.717) is 12.5 Å². The number of hydrogen-bond acceptors (Lipinski definition) is 3. The van der Waals surface area contributed by atoms with Crippen LogP contribution in [-0.4, -0.2) is 43.5 Å². The summed E-state index contributed by atoms with van der Waals surface area (Å²) in [6.45, 7) is 7.85. The predicted molar refractivity (Wildman–Crippen MR) is 95.6 cm³/mol. The van der Waals surface area contributed by atoms with Gasteiger partial charge in [-0.25, -0.2) is 0 Å². The van der Waals surface area contributed by atoms with Crippen molar-refractivity contribution >= 4 is 5.91 Å². The van der Waals surface area contributed by atoms with Gasteiger partial charge in [-0.1, -0.05) is 0 Å². The standard InChI is InChI=1S/C19H27N5O/c1-19(2,3)24-17(12-16(21-24)14-7-8-14)18(25)22-10-4-6-15(13-22)23-11-5-9-20-23/h5,9,11-12,14-15H,4,6-8,10,13H2,1-3H3. The van der Waals surface area contributed by atoms with Gasteiger partial charge in [0, 0.05) is 31.4 Å². The number of likely N-dealkylation sites (tertiary alicyclic amines) is 1. The summed E-state index contributed by atoms with van der Waals surface area (Å²) in [5, 5.41) is 9.14. The maximum Gasteiger partial charge on any atom is 0.272 e. The molecule has 6 heteroatoms. The molecule has 25 heavy (non-hydrogen) atoms.